The molecule has 0 fully saturated rings. The van der Waals surface area contributed by atoms with Crippen LogP contribution in [0.2, 0.25) is 0 Å². The van der Waals surface area contributed by atoms with Gasteiger partial charge in [-0.2, -0.15) is 4.99 Å². The van der Waals surface area contributed by atoms with Gasteiger partial charge in [-0.05, 0) is 12.2 Å². The number of carbonyl (C=O) groups is 1. The van der Waals surface area contributed by atoms with E-state index in [-0.39, 0.29) is 0 Å². The minimum atomic E-state index is -0.732. The predicted octanol–water partition coefficient (Wildman–Crippen LogP) is 0.878. The number of amides is 2. The molecule has 0 aromatic heterocycles. The maximum Gasteiger partial charge on any atom is 0.338 e. The highest BCUT2D eigenvalue weighted by molar-refractivity contribution is 6.08. The number of hydrogen-bond acceptors (Lipinski definition) is 1. The minimum absolute atomic E-state index is 0.391. The molecule has 0 rings (SSSR count). The van der Waals surface area contributed by atoms with E-state index in [0.717, 1.165) is 0 Å². The summed E-state index contributed by atoms with van der Waals surface area (Å²) in [5, 5.41) is 0. The zero-order valence-electron chi connectivity index (χ0n) is 5.00. The molecule has 0 radical (unpaired) electrons. The molecule has 0 spiro atoms. The lowest BCUT2D eigenvalue weighted by atomic mass is 10.4. The highest BCUT2D eigenvalue weighted by Gasteiger charge is 1.87. The lowest BCUT2D eigenvalue weighted by molar-refractivity contribution is 0.257. The molecular weight excluding hydrogens is 116 g/mol. The summed E-state index contributed by atoms with van der Waals surface area (Å²) in [4.78, 5) is 13.4. The van der Waals surface area contributed by atoms with Crippen LogP contribution in [-0.2, 0) is 0 Å². The van der Waals surface area contributed by atoms with Gasteiger partial charge in [-0.1, -0.05) is 13.2 Å². The topological polar surface area (TPSA) is 55.4 Å². The SMILES string of the molecule is C=CC(C=C)=NC(N)=O. The molecule has 0 aliphatic rings. The molecule has 0 aromatic rings. The predicted molar refractivity (Wildman–Crippen MR) is 37.4 cm³/mol. The fourth-order valence-electron chi connectivity index (χ4n) is 0.302. The summed E-state index contributed by atoms with van der Waals surface area (Å²) in [6.07, 6.45) is 2.80. The van der Waals surface area contributed by atoms with Gasteiger partial charge in [0, 0.05) is 0 Å². The van der Waals surface area contributed by atoms with Crippen molar-refractivity contribution >= 4 is 11.7 Å². The number of aliphatic imine (C=N–C) groups is 1. The molecule has 2 amide bonds. The van der Waals surface area contributed by atoms with Gasteiger partial charge in [0.1, 0.15) is 0 Å². The average molecular weight is 124 g/mol. The second-order valence-electron chi connectivity index (χ2n) is 1.28. The van der Waals surface area contributed by atoms with E-state index in [4.69, 9.17) is 5.73 Å². The first-order chi connectivity index (χ1) is 4.20. The molecular formula is C6H8N2O. The van der Waals surface area contributed by atoms with Gasteiger partial charge >= 0.3 is 6.03 Å². The highest BCUT2D eigenvalue weighted by Crippen LogP contribution is 1.80. The van der Waals surface area contributed by atoms with Gasteiger partial charge in [0.15, 0.2) is 0 Å². The third-order valence-electron chi connectivity index (χ3n) is 0.658. The van der Waals surface area contributed by atoms with Gasteiger partial charge in [-0.15, -0.1) is 0 Å². The van der Waals surface area contributed by atoms with Crippen LogP contribution >= 0.6 is 0 Å². The number of rotatable bonds is 2. The van der Waals surface area contributed by atoms with Crippen molar-refractivity contribution in [2.45, 2.75) is 0 Å². The summed E-state index contributed by atoms with van der Waals surface area (Å²) in [5.41, 5.74) is 5.11. The Balaban J connectivity index is 4.24. The Bertz CT molecular complexity index is 160. The van der Waals surface area contributed by atoms with Crippen LogP contribution in [-0.4, -0.2) is 11.7 Å². The van der Waals surface area contributed by atoms with E-state index in [1.807, 2.05) is 0 Å². The first-order valence-electron chi connectivity index (χ1n) is 2.33. The van der Waals surface area contributed by atoms with Crippen LogP contribution in [0, 0.1) is 0 Å². The maximum atomic E-state index is 10.1. The molecule has 48 valence electrons. The second-order valence-corrected chi connectivity index (χ2v) is 1.28. The van der Waals surface area contributed by atoms with Crippen molar-refractivity contribution in [3.63, 3.8) is 0 Å². The quantitative estimate of drug-likeness (QED) is 0.546. The van der Waals surface area contributed by atoms with E-state index in [2.05, 4.69) is 18.2 Å². The number of nitrogens with zero attached hydrogens (tertiary/aromatic N) is 1. The molecule has 0 aliphatic heterocycles. The summed E-state index contributed by atoms with van der Waals surface area (Å²) in [6.45, 7) is 6.75. The van der Waals surface area contributed by atoms with Gasteiger partial charge in [-0.3, -0.25) is 0 Å². The van der Waals surface area contributed by atoms with E-state index in [1.54, 1.807) is 0 Å². The summed E-state index contributed by atoms with van der Waals surface area (Å²) in [7, 11) is 0. The Kier molecular flexibility index (Phi) is 3.05. The Labute approximate surface area is 53.6 Å². The molecule has 0 heterocycles. The third-order valence-corrected chi connectivity index (χ3v) is 0.658. The van der Waals surface area contributed by atoms with E-state index in [1.165, 1.54) is 12.2 Å². The van der Waals surface area contributed by atoms with E-state index < -0.39 is 6.03 Å². The van der Waals surface area contributed by atoms with Crippen molar-refractivity contribution in [1.29, 1.82) is 0 Å². The van der Waals surface area contributed by atoms with Crippen LogP contribution in [0.15, 0.2) is 30.3 Å². The lowest BCUT2D eigenvalue weighted by Crippen LogP contribution is -2.06. The largest absolute Gasteiger partial charge is 0.350 e. The number of allylic oxidation sites excluding steroid dienone is 2. The molecule has 0 saturated heterocycles. The Morgan fingerprint density at radius 2 is 1.89 bits per heavy atom. The van der Waals surface area contributed by atoms with E-state index in [0.29, 0.717) is 5.71 Å². The minimum Gasteiger partial charge on any atom is -0.350 e. The van der Waals surface area contributed by atoms with Crippen molar-refractivity contribution in [1.82, 2.24) is 0 Å². The zero-order chi connectivity index (χ0) is 7.28. The molecule has 3 nitrogen and oxygen atoms in total. The Morgan fingerprint density at radius 3 is 2.00 bits per heavy atom. The highest BCUT2D eigenvalue weighted by atomic mass is 16.2. The van der Waals surface area contributed by atoms with E-state index >= 15 is 0 Å². The average Bonchev–Trinajstić information content (AvgIpc) is 1.82. The number of hydrogen-bond donors (Lipinski definition) is 1. The summed E-state index contributed by atoms with van der Waals surface area (Å²) in [6, 6.07) is -0.732. The second kappa shape index (κ2) is 3.60. The lowest BCUT2D eigenvalue weighted by Gasteiger charge is -1.85. The van der Waals surface area contributed by atoms with Crippen LogP contribution in [0.3, 0.4) is 0 Å². The number of primary amides is 1. The molecule has 0 unspecified atom stereocenters. The van der Waals surface area contributed by atoms with Crippen LogP contribution in [0.1, 0.15) is 0 Å². The molecule has 3 heteroatoms. The summed E-state index contributed by atoms with van der Waals surface area (Å²) >= 11 is 0. The fraction of sp³-hybridized carbons (Fsp3) is 0. The first-order valence-corrected chi connectivity index (χ1v) is 2.33. The third kappa shape index (κ3) is 3.22. The fourth-order valence-corrected chi connectivity index (χ4v) is 0.302. The van der Waals surface area contributed by atoms with Crippen molar-refractivity contribution in [2.75, 3.05) is 0 Å². The number of carbonyl (C=O) groups excluding carboxylic acids is 1. The van der Waals surface area contributed by atoms with Crippen molar-refractivity contribution in [3.8, 4) is 0 Å². The molecule has 0 aliphatic carbocycles. The monoisotopic (exact) mass is 124 g/mol. The molecule has 2 N–H and O–H groups in total. The summed E-state index contributed by atoms with van der Waals surface area (Å²) in [5.74, 6) is 0. The molecule has 0 atom stereocenters. The number of nitrogens with two attached hydrogens (primary N) is 1. The Morgan fingerprint density at radius 1 is 1.44 bits per heavy atom. The molecule has 0 bridgehead atoms. The van der Waals surface area contributed by atoms with Gasteiger partial charge < -0.3 is 5.73 Å². The van der Waals surface area contributed by atoms with Gasteiger partial charge in [0.2, 0.25) is 0 Å². The van der Waals surface area contributed by atoms with Crippen LogP contribution in [0.4, 0.5) is 4.79 Å². The van der Waals surface area contributed by atoms with Crippen LogP contribution < -0.4 is 5.73 Å². The zero-order valence-corrected chi connectivity index (χ0v) is 5.00. The molecule has 0 saturated carbocycles. The van der Waals surface area contributed by atoms with Crippen LogP contribution in [0.5, 0.6) is 0 Å². The smallest absolute Gasteiger partial charge is 0.338 e. The molecule has 9 heavy (non-hydrogen) atoms. The Hall–Kier alpha value is -1.38. The standard InChI is InChI=1S/C6H8N2O/c1-3-5(4-2)8-6(7)9/h3-4H,1-2H2,(H2,7,9). The normalized spacial score (nSPS) is 7.56. The first kappa shape index (κ1) is 7.62. The number of urea groups is 1. The summed E-state index contributed by atoms with van der Waals surface area (Å²) < 4.78 is 0. The van der Waals surface area contributed by atoms with Crippen molar-refractivity contribution < 1.29 is 4.79 Å². The van der Waals surface area contributed by atoms with Crippen molar-refractivity contribution in [2.24, 2.45) is 10.7 Å². The van der Waals surface area contributed by atoms with E-state index in [9.17, 15) is 4.79 Å². The van der Waals surface area contributed by atoms with Gasteiger partial charge in [-0.25, -0.2) is 4.79 Å². The van der Waals surface area contributed by atoms with Crippen LogP contribution in [0.25, 0.3) is 0 Å². The maximum absolute atomic E-state index is 10.1. The molecule has 0 aromatic carbocycles. The van der Waals surface area contributed by atoms with Gasteiger partial charge in [0.05, 0.1) is 5.71 Å². The van der Waals surface area contributed by atoms with Crippen molar-refractivity contribution in [3.05, 3.63) is 25.3 Å². The van der Waals surface area contributed by atoms with Gasteiger partial charge in [0.25, 0.3) is 0 Å².